The highest BCUT2D eigenvalue weighted by Gasteiger charge is 2.35. The molecule has 0 fully saturated rings. The molecule has 1 amide bonds. The number of aryl methyl sites for hydroxylation is 1. The van der Waals surface area contributed by atoms with Gasteiger partial charge in [0.1, 0.15) is 11.9 Å². The first-order valence-electron chi connectivity index (χ1n) is 6.18. The topological polar surface area (TPSA) is 55.4 Å². The first-order valence-corrected chi connectivity index (χ1v) is 6.71. The number of methoxy groups -OCH3 is 1. The van der Waals surface area contributed by atoms with E-state index in [4.69, 9.17) is 16.3 Å². The number of hydrogen-bond acceptors (Lipinski definition) is 3. The van der Waals surface area contributed by atoms with Crippen molar-refractivity contribution in [3.05, 3.63) is 35.4 Å². The summed E-state index contributed by atoms with van der Waals surface area (Å²) in [5.74, 6) is -1.00. The van der Waals surface area contributed by atoms with Gasteiger partial charge in [-0.15, -0.1) is 11.6 Å². The number of carbonyl (C=O) groups excluding carboxylic acids is 2. The molecule has 102 valence electrons. The van der Waals surface area contributed by atoms with E-state index in [0.717, 1.165) is 18.4 Å². The van der Waals surface area contributed by atoms with Crippen molar-refractivity contribution < 1.29 is 14.3 Å². The predicted octanol–water partition coefficient (Wildman–Crippen LogP) is 1.61. The smallest absolute Gasteiger partial charge is 0.329 e. The maximum Gasteiger partial charge on any atom is 0.329 e. The zero-order chi connectivity index (χ0) is 13.8. The Balaban J connectivity index is 2.25. The maximum atomic E-state index is 11.9. The molecule has 0 spiro atoms. The van der Waals surface area contributed by atoms with Crippen molar-refractivity contribution in [1.82, 2.24) is 5.32 Å². The van der Waals surface area contributed by atoms with E-state index in [-0.39, 0.29) is 17.7 Å². The number of ether oxygens (including phenoxy) is 1. The normalized spacial score (nSPS) is 18.5. The molecule has 5 heteroatoms. The van der Waals surface area contributed by atoms with Crippen molar-refractivity contribution in [3.8, 4) is 0 Å². The summed E-state index contributed by atoms with van der Waals surface area (Å²) < 4.78 is 4.79. The fourth-order valence-electron chi connectivity index (χ4n) is 2.60. The Morgan fingerprint density at radius 3 is 2.89 bits per heavy atom. The van der Waals surface area contributed by atoms with Crippen molar-refractivity contribution in [3.63, 3.8) is 0 Å². The number of benzene rings is 1. The number of halogens is 1. The van der Waals surface area contributed by atoms with Gasteiger partial charge in [-0.3, -0.25) is 4.79 Å². The van der Waals surface area contributed by atoms with E-state index in [1.54, 1.807) is 0 Å². The molecular weight excluding hydrogens is 266 g/mol. The molecule has 4 nitrogen and oxygen atoms in total. The van der Waals surface area contributed by atoms with Gasteiger partial charge >= 0.3 is 5.97 Å². The number of alkyl halides is 1. The van der Waals surface area contributed by atoms with Gasteiger partial charge in [-0.1, -0.05) is 24.3 Å². The predicted molar refractivity (Wildman–Crippen MR) is 72.2 cm³/mol. The molecule has 1 aromatic rings. The van der Waals surface area contributed by atoms with Gasteiger partial charge in [-0.2, -0.15) is 0 Å². The highest BCUT2D eigenvalue weighted by atomic mass is 35.5. The molecule has 1 N–H and O–H groups in total. The third-order valence-corrected chi connectivity index (χ3v) is 3.72. The fourth-order valence-corrected chi connectivity index (χ4v) is 2.68. The number of hydrogen-bond donors (Lipinski definition) is 1. The lowest BCUT2D eigenvalue weighted by Crippen LogP contribution is -2.45. The summed E-state index contributed by atoms with van der Waals surface area (Å²) in [5.41, 5.74) is 2.33. The molecule has 2 unspecified atom stereocenters. The second kappa shape index (κ2) is 6.06. The summed E-state index contributed by atoms with van der Waals surface area (Å²) in [5, 5.41) is 2.65. The van der Waals surface area contributed by atoms with Gasteiger partial charge < -0.3 is 10.1 Å². The Morgan fingerprint density at radius 2 is 2.21 bits per heavy atom. The molecule has 19 heavy (non-hydrogen) atoms. The molecule has 0 saturated heterocycles. The van der Waals surface area contributed by atoms with Crippen LogP contribution in [0.15, 0.2) is 24.3 Å². The van der Waals surface area contributed by atoms with Crippen molar-refractivity contribution in [2.24, 2.45) is 0 Å². The van der Waals surface area contributed by atoms with Gasteiger partial charge in [-0.25, -0.2) is 4.79 Å². The largest absolute Gasteiger partial charge is 0.467 e. The summed E-state index contributed by atoms with van der Waals surface area (Å²) in [4.78, 5) is 23.3. The summed E-state index contributed by atoms with van der Waals surface area (Å²) in [7, 11) is 1.32. The molecule has 1 aromatic carbocycles. The second-order valence-corrected chi connectivity index (χ2v) is 4.81. The maximum absolute atomic E-state index is 11.9. The lowest BCUT2D eigenvalue weighted by Gasteiger charge is -2.23. The number of fused-ring (bicyclic) bond motifs is 1. The minimum Gasteiger partial charge on any atom is -0.467 e. The van der Waals surface area contributed by atoms with Crippen LogP contribution in [0.2, 0.25) is 0 Å². The third-order valence-electron chi connectivity index (χ3n) is 3.47. The summed E-state index contributed by atoms with van der Waals surface area (Å²) in [6.45, 7) is 0. The van der Waals surface area contributed by atoms with Gasteiger partial charge in [0.2, 0.25) is 5.91 Å². The molecule has 0 heterocycles. The van der Waals surface area contributed by atoms with E-state index in [9.17, 15) is 9.59 Å². The van der Waals surface area contributed by atoms with Crippen LogP contribution >= 0.6 is 11.6 Å². The van der Waals surface area contributed by atoms with Crippen LogP contribution in [0.1, 0.15) is 23.5 Å². The Kier molecular flexibility index (Phi) is 4.43. The lowest BCUT2D eigenvalue weighted by atomic mass is 9.93. The molecule has 2 atom stereocenters. The van der Waals surface area contributed by atoms with Crippen molar-refractivity contribution in [1.29, 1.82) is 0 Å². The van der Waals surface area contributed by atoms with E-state index in [1.807, 2.05) is 24.3 Å². The molecule has 0 aliphatic heterocycles. The first-order chi connectivity index (χ1) is 9.17. The monoisotopic (exact) mass is 281 g/mol. The fraction of sp³-hybridized carbons (Fsp3) is 0.429. The number of nitrogens with one attached hydrogen (secondary N) is 1. The molecule has 2 rings (SSSR count). The van der Waals surface area contributed by atoms with Crippen LogP contribution < -0.4 is 5.32 Å². The van der Waals surface area contributed by atoms with Crippen LogP contribution in [0.5, 0.6) is 0 Å². The van der Waals surface area contributed by atoms with Gasteiger partial charge in [0.05, 0.1) is 7.11 Å². The van der Waals surface area contributed by atoms with Gasteiger partial charge in [0.25, 0.3) is 0 Å². The van der Waals surface area contributed by atoms with Crippen LogP contribution in [0.25, 0.3) is 0 Å². The average molecular weight is 282 g/mol. The van der Waals surface area contributed by atoms with E-state index < -0.39 is 12.0 Å². The van der Waals surface area contributed by atoms with Gasteiger partial charge in [0, 0.05) is 5.92 Å². The molecule has 1 aliphatic carbocycles. The van der Waals surface area contributed by atoms with Crippen molar-refractivity contribution in [2.75, 3.05) is 13.0 Å². The summed E-state index contributed by atoms with van der Waals surface area (Å²) in [6.07, 6.45) is 1.73. The zero-order valence-corrected chi connectivity index (χ0v) is 11.4. The first kappa shape index (κ1) is 13.9. The third kappa shape index (κ3) is 2.89. The summed E-state index contributed by atoms with van der Waals surface area (Å²) >= 11 is 5.49. The Bertz CT molecular complexity index is 489. The number of amides is 1. The van der Waals surface area contributed by atoms with E-state index in [2.05, 4.69) is 5.32 Å². The number of esters is 1. The van der Waals surface area contributed by atoms with Crippen LogP contribution in [-0.2, 0) is 20.7 Å². The van der Waals surface area contributed by atoms with E-state index in [0.29, 0.717) is 0 Å². The Morgan fingerprint density at radius 1 is 1.47 bits per heavy atom. The number of rotatable bonds is 4. The van der Waals surface area contributed by atoms with Crippen molar-refractivity contribution >= 4 is 23.5 Å². The molecule has 0 saturated carbocycles. The number of carbonyl (C=O) groups is 2. The lowest BCUT2D eigenvalue weighted by molar-refractivity contribution is -0.145. The molecule has 0 radical (unpaired) electrons. The Labute approximate surface area is 117 Å². The molecule has 0 bridgehead atoms. The molecule has 1 aliphatic rings. The average Bonchev–Trinajstić information content (AvgIpc) is 2.87. The van der Waals surface area contributed by atoms with E-state index >= 15 is 0 Å². The standard InChI is InChI=1S/C14H16ClNO3/c1-19-14(18)13(16-12(17)8-15)11-7-6-9-4-2-3-5-10(9)11/h2-5,11,13H,6-8H2,1H3,(H,16,17). The van der Waals surface area contributed by atoms with Crippen LogP contribution in [-0.4, -0.2) is 30.9 Å². The molecule has 0 aromatic heterocycles. The highest BCUT2D eigenvalue weighted by molar-refractivity contribution is 6.27. The quantitative estimate of drug-likeness (QED) is 0.674. The second-order valence-electron chi connectivity index (χ2n) is 4.55. The van der Waals surface area contributed by atoms with Crippen LogP contribution in [0.4, 0.5) is 0 Å². The SMILES string of the molecule is COC(=O)C(NC(=O)CCl)C1CCc2ccccc21. The highest BCUT2D eigenvalue weighted by Crippen LogP contribution is 2.35. The molecular formula is C14H16ClNO3. The van der Waals surface area contributed by atoms with Gasteiger partial charge in [0.15, 0.2) is 0 Å². The minimum absolute atomic E-state index is 0.0455. The van der Waals surface area contributed by atoms with Crippen LogP contribution in [0.3, 0.4) is 0 Å². The Hall–Kier alpha value is -1.55. The van der Waals surface area contributed by atoms with E-state index in [1.165, 1.54) is 12.7 Å². The zero-order valence-electron chi connectivity index (χ0n) is 10.7. The summed E-state index contributed by atoms with van der Waals surface area (Å²) in [6, 6.07) is 7.29. The van der Waals surface area contributed by atoms with Gasteiger partial charge in [-0.05, 0) is 24.0 Å². The van der Waals surface area contributed by atoms with Crippen LogP contribution in [0, 0.1) is 0 Å². The minimum atomic E-state index is -0.667. The van der Waals surface area contributed by atoms with Crippen molar-refractivity contribution in [2.45, 2.75) is 24.8 Å².